The molecule has 0 aliphatic carbocycles. The fourth-order valence-electron chi connectivity index (χ4n) is 2.88. The van der Waals surface area contributed by atoms with Crippen molar-refractivity contribution in [2.24, 2.45) is 0 Å². The molecular weight excluding hydrogens is 360 g/mol. The summed E-state index contributed by atoms with van der Waals surface area (Å²) in [5.74, 6) is 0.580. The van der Waals surface area contributed by atoms with Crippen LogP contribution in [-0.2, 0) is 10.0 Å². The first-order valence-corrected chi connectivity index (χ1v) is 10.1. The first-order chi connectivity index (χ1) is 12.4. The van der Waals surface area contributed by atoms with Crippen molar-refractivity contribution in [2.75, 3.05) is 46.7 Å². The number of ether oxygens (including phenoxy) is 3. The van der Waals surface area contributed by atoms with E-state index in [9.17, 15) is 13.2 Å². The summed E-state index contributed by atoms with van der Waals surface area (Å²) < 4.78 is 41.8. The molecule has 1 heterocycles. The molecular formula is C17H26N2O6S. The molecule has 0 atom stereocenters. The lowest BCUT2D eigenvalue weighted by Gasteiger charge is -2.25. The number of nitrogens with zero attached hydrogens (tertiary/aromatic N) is 1. The van der Waals surface area contributed by atoms with E-state index in [1.54, 1.807) is 0 Å². The average molecular weight is 386 g/mol. The summed E-state index contributed by atoms with van der Waals surface area (Å²) in [6.45, 7) is 1.15. The molecule has 0 unspecified atom stereocenters. The third-order valence-electron chi connectivity index (χ3n) is 4.28. The Hall–Kier alpha value is -2.00. The molecule has 2 rings (SSSR count). The number of rotatable bonds is 8. The second-order valence-corrected chi connectivity index (χ2v) is 8.03. The smallest absolute Gasteiger partial charge is 0.251 e. The predicted octanol–water partition coefficient (Wildman–Crippen LogP) is 1.26. The molecule has 1 aliphatic rings. The summed E-state index contributed by atoms with van der Waals surface area (Å²) in [5.41, 5.74) is 0.301. The minimum Gasteiger partial charge on any atom is -0.493 e. The van der Waals surface area contributed by atoms with Gasteiger partial charge in [0.25, 0.3) is 5.91 Å². The Kier molecular flexibility index (Phi) is 7.10. The van der Waals surface area contributed by atoms with E-state index in [2.05, 4.69) is 5.32 Å². The van der Waals surface area contributed by atoms with Crippen LogP contribution in [0.15, 0.2) is 12.1 Å². The maximum Gasteiger partial charge on any atom is 0.251 e. The van der Waals surface area contributed by atoms with Gasteiger partial charge in [0.05, 0.1) is 27.1 Å². The van der Waals surface area contributed by atoms with Gasteiger partial charge in [-0.25, -0.2) is 12.7 Å². The van der Waals surface area contributed by atoms with E-state index in [4.69, 9.17) is 14.2 Å². The number of sulfonamides is 1. The lowest BCUT2D eigenvalue weighted by molar-refractivity contribution is 0.0955. The number of hydrogen-bond acceptors (Lipinski definition) is 6. The Balaban J connectivity index is 2.01. The van der Waals surface area contributed by atoms with Gasteiger partial charge in [0.2, 0.25) is 15.8 Å². The maximum absolute atomic E-state index is 12.4. The van der Waals surface area contributed by atoms with Crippen LogP contribution in [0.5, 0.6) is 17.2 Å². The standard InChI is InChI=1S/C17H26N2O6S/c1-23-14-11-13(12-15(24-2)16(14)25-3)17(20)18-7-10-26(21,22)19-8-5-4-6-9-19/h11-12H,4-10H2,1-3H3,(H,18,20). The molecule has 0 saturated carbocycles. The van der Waals surface area contributed by atoms with Crippen LogP contribution in [0.1, 0.15) is 29.6 Å². The molecule has 0 spiro atoms. The van der Waals surface area contributed by atoms with E-state index in [0.717, 1.165) is 19.3 Å². The fraction of sp³-hybridized carbons (Fsp3) is 0.588. The summed E-state index contributed by atoms with van der Waals surface area (Å²) in [4.78, 5) is 12.4. The van der Waals surface area contributed by atoms with Crippen LogP contribution in [-0.4, -0.2) is 65.3 Å². The zero-order valence-corrected chi connectivity index (χ0v) is 16.2. The van der Waals surface area contributed by atoms with E-state index in [1.807, 2.05) is 0 Å². The van der Waals surface area contributed by atoms with Crippen molar-refractivity contribution in [1.82, 2.24) is 9.62 Å². The molecule has 8 nitrogen and oxygen atoms in total. The molecule has 0 bridgehead atoms. The highest BCUT2D eigenvalue weighted by Gasteiger charge is 2.24. The Morgan fingerprint density at radius 2 is 1.62 bits per heavy atom. The minimum atomic E-state index is -3.35. The molecule has 0 aromatic heterocycles. The van der Waals surface area contributed by atoms with Crippen molar-refractivity contribution < 1.29 is 27.4 Å². The molecule has 1 aromatic rings. The fourth-order valence-corrected chi connectivity index (χ4v) is 4.31. The summed E-state index contributed by atoms with van der Waals surface area (Å²) in [6.07, 6.45) is 2.83. The van der Waals surface area contributed by atoms with Crippen LogP contribution in [0.4, 0.5) is 0 Å². The number of methoxy groups -OCH3 is 3. The first-order valence-electron chi connectivity index (χ1n) is 8.49. The third-order valence-corrected chi connectivity index (χ3v) is 6.15. The van der Waals surface area contributed by atoms with Crippen LogP contribution in [0.25, 0.3) is 0 Å². The van der Waals surface area contributed by atoms with Crippen LogP contribution >= 0.6 is 0 Å². The summed E-state index contributed by atoms with van der Waals surface area (Å²) in [6, 6.07) is 3.05. The molecule has 1 fully saturated rings. The number of piperidine rings is 1. The Labute approximate surface area is 154 Å². The number of nitrogens with one attached hydrogen (secondary N) is 1. The zero-order chi connectivity index (χ0) is 19.2. The highest BCUT2D eigenvalue weighted by Crippen LogP contribution is 2.38. The number of carbonyl (C=O) groups excluding carboxylic acids is 1. The summed E-state index contributed by atoms with van der Waals surface area (Å²) in [5, 5.41) is 2.64. The average Bonchev–Trinajstić information content (AvgIpc) is 2.67. The SMILES string of the molecule is COc1cc(C(=O)NCCS(=O)(=O)N2CCCCC2)cc(OC)c1OC. The Morgan fingerprint density at radius 1 is 1.04 bits per heavy atom. The van der Waals surface area contributed by atoms with Crippen molar-refractivity contribution in [2.45, 2.75) is 19.3 Å². The Morgan fingerprint density at radius 3 is 2.12 bits per heavy atom. The van der Waals surface area contributed by atoms with Crippen molar-refractivity contribution in [3.8, 4) is 17.2 Å². The van der Waals surface area contributed by atoms with Gasteiger partial charge >= 0.3 is 0 Å². The van der Waals surface area contributed by atoms with Crippen molar-refractivity contribution in [1.29, 1.82) is 0 Å². The maximum atomic E-state index is 12.4. The molecule has 1 aliphatic heterocycles. The van der Waals surface area contributed by atoms with Gasteiger partial charge in [0.15, 0.2) is 11.5 Å². The quantitative estimate of drug-likeness (QED) is 0.723. The van der Waals surface area contributed by atoms with E-state index < -0.39 is 15.9 Å². The van der Waals surface area contributed by atoms with Crippen LogP contribution in [0.2, 0.25) is 0 Å². The van der Waals surface area contributed by atoms with Crippen LogP contribution in [0, 0.1) is 0 Å². The molecule has 9 heteroatoms. The topological polar surface area (TPSA) is 94.2 Å². The Bertz CT molecular complexity index is 704. The normalized spacial score (nSPS) is 15.3. The molecule has 1 amide bonds. The minimum absolute atomic E-state index is 0.0360. The molecule has 1 N–H and O–H groups in total. The predicted molar refractivity (Wildman–Crippen MR) is 97.6 cm³/mol. The molecule has 0 radical (unpaired) electrons. The second kappa shape index (κ2) is 9.09. The van der Waals surface area contributed by atoms with Gasteiger partial charge in [-0.1, -0.05) is 6.42 Å². The number of hydrogen-bond donors (Lipinski definition) is 1. The largest absolute Gasteiger partial charge is 0.493 e. The van der Waals surface area contributed by atoms with Crippen molar-refractivity contribution in [3.05, 3.63) is 17.7 Å². The van der Waals surface area contributed by atoms with E-state index in [0.29, 0.717) is 35.9 Å². The summed E-state index contributed by atoms with van der Waals surface area (Å²) in [7, 11) is 1.05. The molecule has 146 valence electrons. The lowest BCUT2D eigenvalue weighted by atomic mass is 10.1. The van der Waals surface area contributed by atoms with E-state index >= 15 is 0 Å². The van der Waals surface area contributed by atoms with Gasteiger partial charge < -0.3 is 19.5 Å². The summed E-state index contributed by atoms with van der Waals surface area (Å²) >= 11 is 0. The number of benzene rings is 1. The number of carbonyl (C=O) groups is 1. The van der Waals surface area contributed by atoms with Gasteiger partial charge in [-0.15, -0.1) is 0 Å². The van der Waals surface area contributed by atoms with Crippen molar-refractivity contribution >= 4 is 15.9 Å². The van der Waals surface area contributed by atoms with Crippen molar-refractivity contribution in [3.63, 3.8) is 0 Å². The molecule has 1 saturated heterocycles. The van der Waals surface area contributed by atoms with E-state index in [-0.39, 0.29) is 12.3 Å². The second-order valence-electron chi connectivity index (χ2n) is 5.95. The highest BCUT2D eigenvalue weighted by atomic mass is 32.2. The first kappa shape index (κ1) is 20.3. The van der Waals surface area contributed by atoms with Crippen LogP contribution < -0.4 is 19.5 Å². The van der Waals surface area contributed by atoms with Gasteiger partial charge in [-0.05, 0) is 25.0 Å². The van der Waals surface area contributed by atoms with Gasteiger partial charge in [-0.2, -0.15) is 0 Å². The van der Waals surface area contributed by atoms with Gasteiger partial charge in [-0.3, -0.25) is 4.79 Å². The van der Waals surface area contributed by atoms with Crippen LogP contribution in [0.3, 0.4) is 0 Å². The highest BCUT2D eigenvalue weighted by molar-refractivity contribution is 7.89. The monoisotopic (exact) mass is 386 g/mol. The molecule has 1 aromatic carbocycles. The van der Waals surface area contributed by atoms with E-state index in [1.165, 1.54) is 37.8 Å². The lowest BCUT2D eigenvalue weighted by Crippen LogP contribution is -2.40. The third kappa shape index (κ3) is 4.79. The van der Waals surface area contributed by atoms with Gasteiger partial charge in [0.1, 0.15) is 0 Å². The molecule has 26 heavy (non-hydrogen) atoms. The number of amides is 1. The zero-order valence-electron chi connectivity index (χ0n) is 15.4. The van der Waals surface area contributed by atoms with Gasteiger partial charge in [0, 0.05) is 25.2 Å².